The van der Waals surface area contributed by atoms with Gasteiger partial charge in [-0.3, -0.25) is 9.69 Å². The van der Waals surface area contributed by atoms with Crippen LogP contribution in [0.5, 0.6) is 5.75 Å². The summed E-state index contributed by atoms with van der Waals surface area (Å²) >= 11 is 6.06. The van der Waals surface area contributed by atoms with E-state index in [1.807, 2.05) is 13.0 Å². The highest BCUT2D eigenvalue weighted by molar-refractivity contribution is 6.31. The molecule has 0 aromatic heterocycles. The molecule has 1 amide bonds. The number of nitrogens with one attached hydrogen (secondary N) is 1. The van der Waals surface area contributed by atoms with Crippen molar-refractivity contribution in [3.8, 4) is 5.75 Å². The van der Waals surface area contributed by atoms with E-state index >= 15 is 0 Å². The second-order valence-corrected chi connectivity index (χ2v) is 8.18. The number of rotatable bonds is 6. The molecule has 1 unspecified atom stereocenters. The molecule has 1 aromatic carbocycles. The molecule has 0 spiro atoms. The third-order valence-corrected chi connectivity index (χ3v) is 6.29. The van der Waals surface area contributed by atoms with Gasteiger partial charge in [0.25, 0.3) is 5.91 Å². The summed E-state index contributed by atoms with van der Waals surface area (Å²) in [5.74, 6) is 0.598. The van der Waals surface area contributed by atoms with Crippen LogP contribution in [0, 0.1) is 6.92 Å². The average molecular weight is 431 g/mol. The SMILES string of the molecule is Cc1cc(OC(C)C(=O)NCC2(N3CCOCC3)CCCCC2)ccc1Cl.Cl. The fourth-order valence-electron chi connectivity index (χ4n) is 4.20. The van der Waals surface area contributed by atoms with Gasteiger partial charge in [-0.15, -0.1) is 12.4 Å². The lowest BCUT2D eigenvalue weighted by Crippen LogP contribution is -2.60. The van der Waals surface area contributed by atoms with Gasteiger partial charge in [0.05, 0.1) is 13.2 Å². The van der Waals surface area contributed by atoms with Gasteiger partial charge in [0.2, 0.25) is 0 Å². The maximum atomic E-state index is 12.7. The summed E-state index contributed by atoms with van der Waals surface area (Å²) in [7, 11) is 0. The van der Waals surface area contributed by atoms with Crippen LogP contribution < -0.4 is 10.1 Å². The van der Waals surface area contributed by atoms with Gasteiger partial charge in [-0.2, -0.15) is 0 Å². The first-order valence-electron chi connectivity index (χ1n) is 10.0. The predicted octanol–water partition coefficient (Wildman–Crippen LogP) is 3.99. The molecule has 0 bridgehead atoms. The Morgan fingerprint density at radius 3 is 2.61 bits per heavy atom. The predicted molar refractivity (Wildman–Crippen MR) is 115 cm³/mol. The number of morpholine rings is 1. The van der Waals surface area contributed by atoms with Gasteiger partial charge < -0.3 is 14.8 Å². The zero-order chi connectivity index (χ0) is 19.3. The minimum Gasteiger partial charge on any atom is -0.481 e. The summed E-state index contributed by atoms with van der Waals surface area (Å²) < 4.78 is 11.4. The quantitative estimate of drug-likeness (QED) is 0.740. The van der Waals surface area contributed by atoms with E-state index in [2.05, 4.69) is 10.2 Å². The summed E-state index contributed by atoms with van der Waals surface area (Å²) in [4.78, 5) is 15.2. The second kappa shape index (κ2) is 10.7. The van der Waals surface area contributed by atoms with Gasteiger partial charge >= 0.3 is 0 Å². The monoisotopic (exact) mass is 430 g/mol. The third kappa shape index (κ3) is 5.76. The zero-order valence-corrected chi connectivity index (χ0v) is 18.4. The molecule has 5 nitrogen and oxygen atoms in total. The molecule has 2 aliphatic rings. The zero-order valence-electron chi connectivity index (χ0n) is 16.8. The molecule has 1 aromatic rings. The van der Waals surface area contributed by atoms with E-state index in [4.69, 9.17) is 21.1 Å². The molecule has 158 valence electrons. The third-order valence-electron chi connectivity index (χ3n) is 5.87. The molecule has 0 radical (unpaired) electrons. The Kier molecular flexibility index (Phi) is 8.87. The molecule has 28 heavy (non-hydrogen) atoms. The van der Waals surface area contributed by atoms with Crippen molar-refractivity contribution < 1.29 is 14.3 Å². The fourth-order valence-corrected chi connectivity index (χ4v) is 4.31. The molecule has 1 atom stereocenters. The highest BCUT2D eigenvalue weighted by atomic mass is 35.5. The van der Waals surface area contributed by atoms with Crippen LogP contribution in [0.15, 0.2) is 18.2 Å². The van der Waals surface area contributed by atoms with Crippen LogP contribution in [-0.4, -0.2) is 55.3 Å². The summed E-state index contributed by atoms with van der Waals surface area (Å²) in [5, 5.41) is 3.86. The topological polar surface area (TPSA) is 50.8 Å². The van der Waals surface area contributed by atoms with Gasteiger partial charge in [-0.1, -0.05) is 30.9 Å². The van der Waals surface area contributed by atoms with E-state index in [-0.39, 0.29) is 23.9 Å². The fraction of sp³-hybridized carbons (Fsp3) is 0.667. The highest BCUT2D eigenvalue weighted by Gasteiger charge is 2.39. The van der Waals surface area contributed by atoms with E-state index < -0.39 is 6.10 Å². The van der Waals surface area contributed by atoms with Crippen molar-refractivity contribution in [3.63, 3.8) is 0 Å². The van der Waals surface area contributed by atoms with Crippen LogP contribution in [0.1, 0.15) is 44.6 Å². The first-order chi connectivity index (χ1) is 13.0. The van der Waals surface area contributed by atoms with Crippen LogP contribution in [0.3, 0.4) is 0 Å². The maximum Gasteiger partial charge on any atom is 0.260 e. The lowest BCUT2D eigenvalue weighted by atomic mass is 9.79. The summed E-state index contributed by atoms with van der Waals surface area (Å²) in [5.41, 5.74) is 1.00. The normalized spacial score (nSPS) is 20.7. The Morgan fingerprint density at radius 2 is 1.96 bits per heavy atom. The average Bonchev–Trinajstić information content (AvgIpc) is 2.70. The number of carbonyl (C=O) groups is 1. The number of nitrogens with zero attached hydrogens (tertiary/aromatic N) is 1. The van der Waals surface area contributed by atoms with Crippen molar-refractivity contribution in [1.82, 2.24) is 10.2 Å². The van der Waals surface area contributed by atoms with Crippen molar-refractivity contribution in [3.05, 3.63) is 28.8 Å². The smallest absolute Gasteiger partial charge is 0.260 e. The van der Waals surface area contributed by atoms with E-state index in [9.17, 15) is 4.79 Å². The van der Waals surface area contributed by atoms with E-state index in [0.29, 0.717) is 17.3 Å². The molecule has 1 saturated heterocycles. The maximum absolute atomic E-state index is 12.7. The number of amides is 1. The van der Waals surface area contributed by atoms with Gasteiger partial charge in [0.15, 0.2) is 6.10 Å². The van der Waals surface area contributed by atoms with E-state index in [1.165, 1.54) is 19.3 Å². The molecular formula is C21H32Cl2N2O3. The van der Waals surface area contributed by atoms with Crippen molar-refractivity contribution in [1.29, 1.82) is 0 Å². The van der Waals surface area contributed by atoms with Gasteiger partial charge in [-0.25, -0.2) is 0 Å². The van der Waals surface area contributed by atoms with Gasteiger partial charge in [0.1, 0.15) is 5.75 Å². The Labute approximate surface area is 179 Å². The van der Waals surface area contributed by atoms with Gasteiger partial charge in [-0.05, 0) is 50.5 Å². The highest BCUT2D eigenvalue weighted by Crippen LogP contribution is 2.34. The second-order valence-electron chi connectivity index (χ2n) is 7.77. The molecule has 7 heteroatoms. The number of hydrogen-bond acceptors (Lipinski definition) is 4. The van der Waals surface area contributed by atoms with Crippen molar-refractivity contribution in [2.75, 3.05) is 32.8 Å². The molecule has 1 aliphatic heterocycles. The Hall–Kier alpha value is -1.01. The standard InChI is InChI=1S/C21H31ClN2O3.ClH/c1-16-14-18(6-7-19(16)22)27-17(2)20(25)23-15-21(8-4-3-5-9-21)24-10-12-26-13-11-24;/h6-7,14,17H,3-5,8-13,15H2,1-2H3,(H,23,25);1H. The minimum atomic E-state index is -0.545. The Bertz CT molecular complexity index is 645. The molecule has 2 fully saturated rings. The molecule has 1 heterocycles. The van der Waals surface area contributed by atoms with Crippen LogP contribution in [0.25, 0.3) is 0 Å². The number of ether oxygens (including phenoxy) is 2. The molecule has 1 saturated carbocycles. The Balaban J connectivity index is 0.00000280. The number of halogens is 2. The molecule has 1 N–H and O–H groups in total. The van der Waals surface area contributed by atoms with Crippen LogP contribution in [-0.2, 0) is 9.53 Å². The first kappa shape index (κ1) is 23.3. The number of aryl methyl sites for hydroxylation is 1. The van der Waals surface area contributed by atoms with Crippen LogP contribution in [0.4, 0.5) is 0 Å². The minimum absolute atomic E-state index is 0. The molecule has 3 rings (SSSR count). The molecular weight excluding hydrogens is 399 g/mol. The van der Waals surface area contributed by atoms with E-state index in [0.717, 1.165) is 44.7 Å². The Morgan fingerprint density at radius 1 is 1.29 bits per heavy atom. The van der Waals surface area contributed by atoms with Crippen molar-refractivity contribution in [2.45, 2.75) is 57.6 Å². The molecule has 1 aliphatic carbocycles. The van der Waals surface area contributed by atoms with Crippen LogP contribution >= 0.6 is 24.0 Å². The summed E-state index contributed by atoms with van der Waals surface area (Å²) in [6.07, 6.45) is 5.47. The number of carbonyl (C=O) groups excluding carboxylic acids is 1. The number of benzene rings is 1. The van der Waals surface area contributed by atoms with E-state index in [1.54, 1.807) is 19.1 Å². The summed E-state index contributed by atoms with van der Waals surface area (Å²) in [6.45, 7) is 7.87. The van der Waals surface area contributed by atoms with Crippen LogP contribution in [0.2, 0.25) is 5.02 Å². The van der Waals surface area contributed by atoms with Gasteiger partial charge in [0, 0.05) is 30.2 Å². The summed E-state index contributed by atoms with van der Waals surface area (Å²) in [6, 6.07) is 5.46. The lowest BCUT2D eigenvalue weighted by molar-refractivity contribution is -0.128. The first-order valence-corrected chi connectivity index (χ1v) is 10.4. The number of hydrogen-bond donors (Lipinski definition) is 1. The van der Waals surface area contributed by atoms with Crippen molar-refractivity contribution in [2.24, 2.45) is 0 Å². The lowest BCUT2D eigenvalue weighted by Gasteiger charge is -2.48. The largest absolute Gasteiger partial charge is 0.481 e. The van der Waals surface area contributed by atoms with Crippen molar-refractivity contribution >= 4 is 29.9 Å².